The van der Waals surface area contributed by atoms with Crippen LogP contribution in [0.1, 0.15) is 28.8 Å². The largest absolute Gasteiger partial charge is 0.496 e. The molecule has 146 valence electrons. The lowest BCUT2D eigenvalue weighted by molar-refractivity contribution is 0.0831. The summed E-state index contributed by atoms with van der Waals surface area (Å²) in [5.74, 6) is 2.46. The first-order valence-electron chi connectivity index (χ1n) is 9.70. The molecule has 0 unspecified atom stereocenters. The SMILES string of the molecule is COc1ccccc1/C=C/CN1CCC[C@@H](C(=O)c2ccc3c(c2)OCO3)C1. The van der Waals surface area contributed by atoms with E-state index in [1.165, 1.54) is 0 Å². The van der Waals surface area contributed by atoms with Crippen molar-refractivity contribution in [3.8, 4) is 17.2 Å². The minimum Gasteiger partial charge on any atom is -0.496 e. The number of likely N-dealkylation sites (tertiary alicyclic amines) is 1. The summed E-state index contributed by atoms with van der Waals surface area (Å²) in [4.78, 5) is 15.3. The van der Waals surface area contributed by atoms with Crippen molar-refractivity contribution < 1.29 is 19.0 Å². The monoisotopic (exact) mass is 379 g/mol. The molecule has 4 rings (SSSR count). The van der Waals surface area contributed by atoms with Crippen LogP contribution in [-0.2, 0) is 0 Å². The number of piperidine rings is 1. The van der Waals surface area contributed by atoms with Crippen molar-refractivity contribution in [3.63, 3.8) is 0 Å². The van der Waals surface area contributed by atoms with E-state index in [1.54, 1.807) is 7.11 Å². The standard InChI is InChI=1S/C23H25NO4/c1-26-20-9-3-2-6-17(20)7-4-12-24-13-5-8-19(15-24)23(25)18-10-11-21-22(14-18)28-16-27-21/h2-4,6-7,9-11,14,19H,5,8,12-13,15-16H2,1H3/b7-4+/t19-/m1/s1. The number of fused-ring (bicyclic) bond motifs is 1. The van der Waals surface area contributed by atoms with Gasteiger partial charge in [-0.1, -0.05) is 30.4 Å². The highest BCUT2D eigenvalue weighted by molar-refractivity contribution is 5.98. The molecule has 2 aliphatic rings. The zero-order chi connectivity index (χ0) is 19.3. The molecule has 5 heteroatoms. The second-order valence-corrected chi connectivity index (χ2v) is 7.18. The van der Waals surface area contributed by atoms with Gasteiger partial charge in [-0.25, -0.2) is 0 Å². The lowest BCUT2D eigenvalue weighted by Crippen LogP contribution is -2.38. The van der Waals surface area contributed by atoms with Gasteiger partial charge in [0, 0.05) is 30.1 Å². The number of para-hydroxylation sites is 1. The van der Waals surface area contributed by atoms with Gasteiger partial charge >= 0.3 is 0 Å². The maximum atomic E-state index is 13.0. The third kappa shape index (κ3) is 4.04. The van der Waals surface area contributed by atoms with Crippen molar-refractivity contribution >= 4 is 11.9 Å². The highest BCUT2D eigenvalue weighted by atomic mass is 16.7. The summed E-state index contributed by atoms with van der Waals surface area (Å²) >= 11 is 0. The second kappa shape index (κ2) is 8.48. The van der Waals surface area contributed by atoms with Crippen LogP contribution in [0.25, 0.3) is 6.08 Å². The van der Waals surface area contributed by atoms with Gasteiger partial charge in [0.15, 0.2) is 17.3 Å². The first-order valence-corrected chi connectivity index (χ1v) is 9.70. The average molecular weight is 379 g/mol. The number of ketones is 1. The number of methoxy groups -OCH3 is 1. The van der Waals surface area contributed by atoms with Crippen LogP contribution in [0.15, 0.2) is 48.5 Å². The minimum absolute atomic E-state index is 0.0220. The van der Waals surface area contributed by atoms with Crippen molar-refractivity contribution in [1.29, 1.82) is 0 Å². The zero-order valence-corrected chi connectivity index (χ0v) is 16.1. The molecular weight excluding hydrogens is 354 g/mol. The second-order valence-electron chi connectivity index (χ2n) is 7.18. The zero-order valence-electron chi connectivity index (χ0n) is 16.1. The van der Waals surface area contributed by atoms with E-state index < -0.39 is 0 Å². The Morgan fingerprint density at radius 2 is 2.07 bits per heavy atom. The Kier molecular flexibility index (Phi) is 5.63. The van der Waals surface area contributed by atoms with E-state index in [4.69, 9.17) is 14.2 Å². The van der Waals surface area contributed by atoms with Crippen LogP contribution < -0.4 is 14.2 Å². The molecule has 0 bridgehead atoms. The maximum absolute atomic E-state index is 13.0. The van der Waals surface area contributed by atoms with Gasteiger partial charge in [0.25, 0.3) is 0 Å². The van der Waals surface area contributed by atoms with Crippen molar-refractivity contribution in [2.24, 2.45) is 5.92 Å². The fraction of sp³-hybridized carbons (Fsp3) is 0.348. The van der Waals surface area contributed by atoms with E-state index in [0.717, 1.165) is 43.8 Å². The number of benzene rings is 2. The van der Waals surface area contributed by atoms with Crippen LogP contribution in [0.4, 0.5) is 0 Å². The molecule has 0 spiro atoms. The number of hydrogen-bond acceptors (Lipinski definition) is 5. The van der Waals surface area contributed by atoms with E-state index >= 15 is 0 Å². The Balaban J connectivity index is 1.37. The smallest absolute Gasteiger partial charge is 0.231 e. The molecule has 0 radical (unpaired) electrons. The van der Waals surface area contributed by atoms with Gasteiger partial charge in [0.05, 0.1) is 7.11 Å². The number of nitrogens with zero attached hydrogens (tertiary/aromatic N) is 1. The highest BCUT2D eigenvalue weighted by Gasteiger charge is 2.27. The number of hydrogen-bond donors (Lipinski definition) is 0. The Labute approximate surface area is 165 Å². The summed E-state index contributed by atoms with van der Waals surface area (Å²) in [7, 11) is 1.68. The van der Waals surface area contributed by atoms with Crippen LogP contribution in [-0.4, -0.2) is 44.2 Å². The molecule has 1 saturated heterocycles. The number of ether oxygens (including phenoxy) is 3. The molecular formula is C23H25NO4. The van der Waals surface area contributed by atoms with Crippen LogP contribution in [0.5, 0.6) is 17.2 Å². The minimum atomic E-state index is 0.0220. The molecule has 2 aromatic carbocycles. The summed E-state index contributed by atoms with van der Waals surface area (Å²) in [5.41, 5.74) is 1.77. The average Bonchev–Trinajstić information content (AvgIpc) is 3.21. The van der Waals surface area contributed by atoms with E-state index in [2.05, 4.69) is 17.1 Å². The first kappa shape index (κ1) is 18.6. The van der Waals surface area contributed by atoms with E-state index in [1.807, 2.05) is 42.5 Å². The van der Waals surface area contributed by atoms with Gasteiger partial charge < -0.3 is 14.2 Å². The maximum Gasteiger partial charge on any atom is 0.231 e. The number of carbonyl (C=O) groups excluding carboxylic acids is 1. The quantitative estimate of drug-likeness (QED) is 0.709. The molecule has 0 N–H and O–H groups in total. The van der Waals surface area contributed by atoms with Crippen molar-refractivity contribution in [2.45, 2.75) is 12.8 Å². The van der Waals surface area contributed by atoms with Crippen molar-refractivity contribution in [1.82, 2.24) is 4.90 Å². The van der Waals surface area contributed by atoms with Gasteiger partial charge in [0.1, 0.15) is 5.75 Å². The Morgan fingerprint density at radius 1 is 1.21 bits per heavy atom. The summed E-state index contributed by atoms with van der Waals surface area (Å²) in [6.07, 6.45) is 6.19. The summed E-state index contributed by atoms with van der Waals surface area (Å²) < 4.78 is 16.1. The lowest BCUT2D eigenvalue weighted by Gasteiger charge is -2.31. The normalized spacial score (nSPS) is 19.1. The molecule has 1 fully saturated rings. The summed E-state index contributed by atoms with van der Waals surface area (Å²) in [6.45, 7) is 2.84. The Hall–Kier alpha value is -2.79. The fourth-order valence-electron chi connectivity index (χ4n) is 3.85. The number of Topliss-reactive ketones (excluding diaryl/α,β-unsaturated/α-hetero) is 1. The molecule has 0 aromatic heterocycles. The Morgan fingerprint density at radius 3 is 2.96 bits per heavy atom. The molecule has 28 heavy (non-hydrogen) atoms. The van der Waals surface area contributed by atoms with Gasteiger partial charge in [-0.3, -0.25) is 9.69 Å². The summed E-state index contributed by atoms with van der Waals surface area (Å²) in [6, 6.07) is 13.4. The van der Waals surface area contributed by atoms with Crippen LogP contribution >= 0.6 is 0 Å². The number of carbonyl (C=O) groups is 1. The molecule has 1 atom stereocenters. The molecule has 2 heterocycles. The first-order chi connectivity index (χ1) is 13.7. The van der Waals surface area contributed by atoms with Crippen molar-refractivity contribution in [3.05, 3.63) is 59.7 Å². The van der Waals surface area contributed by atoms with Crippen LogP contribution in [0.2, 0.25) is 0 Å². The highest BCUT2D eigenvalue weighted by Crippen LogP contribution is 2.33. The van der Waals surface area contributed by atoms with Crippen LogP contribution in [0, 0.1) is 5.92 Å². The van der Waals surface area contributed by atoms with Gasteiger partial charge in [-0.05, 0) is 43.7 Å². The predicted octanol–water partition coefficient (Wildman–Crippen LogP) is 4.03. The third-order valence-corrected chi connectivity index (χ3v) is 5.33. The van der Waals surface area contributed by atoms with E-state index in [-0.39, 0.29) is 18.5 Å². The van der Waals surface area contributed by atoms with Crippen molar-refractivity contribution in [2.75, 3.05) is 33.5 Å². The van der Waals surface area contributed by atoms with Gasteiger partial charge in [-0.15, -0.1) is 0 Å². The third-order valence-electron chi connectivity index (χ3n) is 5.33. The van der Waals surface area contributed by atoms with Crippen LogP contribution in [0.3, 0.4) is 0 Å². The topological polar surface area (TPSA) is 48.0 Å². The van der Waals surface area contributed by atoms with E-state index in [9.17, 15) is 4.79 Å². The fourth-order valence-corrected chi connectivity index (χ4v) is 3.85. The number of rotatable bonds is 6. The van der Waals surface area contributed by atoms with E-state index in [0.29, 0.717) is 17.1 Å². The lowest BCUT2D eigenvalue weighted by atomic mass is 9.90. The summed E-state index contributed by atoms with van der Waals surface area (Å²) in [5, 5.41) is 0. The molecule has 0 amide bonds. The molecule has 5 nitrogen and oxygen atoms in total. The molecule has 2 aromatic rings. The molecule has 0 saturated carbocycles. The Bertz CT molecular complexity index is 877. The van der Waals surface area contributed by atoms with Gasteiger partial charge in [-0.2, -0.15) is 0 Å². The molecule has 2 aliphatic heterocycles. The van der Waals surface area contributed by atoms with Gasteiger partial charge in [0.2, 0.25) is 6.79 Å². The molecule has 0 aliphatic carbocycles. The predicted molar refractivity (Wildman–Crippen MR) is 108 cm³/mol.